The SMILES string of the molecule is CC(C)(C)OC(=O)C(C)(C(=O)O)n1ccc(N)n1. The van der Waals surface area contributed by atoms with Crippen molar-refractivity contribution in [3.05, 3.63) is 12.3 Å². The largest absolute Gasteiger partial charge is 0.479 e. The van der Waals surface area contributed by atoms with Crippen LogP contribution < -0.4 is 5.73 Å². The van der Waals surface area contributed by atoms with Crippen LogP contribution in [-0.4, -0.2) is 32.4 Å². The highest BCUT2D eigenvalue weighted by molar-refractivity contribution is 6.01. The van der Waals surface area contributed by atoms with Crippen molar-refractivity contribution in [2.45, 2.75) is 38.8 Å². The number of carbonyl (C=O) groups is 2. The second kappa shape index (κ2) is 4.32. The second-order valence-electron chi connectivity index (χ2n) is 5.06. The Morgan fingerprint density at radius 2 is 1.94 bits per heavy atom. The molecule has 1 atom stereocenters. The Morgan fingerprint density at radius 3 is 2.28 bits per heavy atom. The number of rotatable bonds is 3. The summed E-state index contributed by atoms with van der Waals surface area (Å²) in [5.41, 5.74) is 2.70. The molecule has 18 heavy (non-hydrogen) atoms. The van der Waals surface area contributed by atoms with Crippen molar-refractivity contribution >= 4 is 17.8 Å². The Bertz CT molecular complexity index is 475. The Morgan fingerprint density at radius 1 is 1.39 bits per heavy atom. The molecular formula is C11H17N3O4. The lowest BCUT2D eigenvalue weighted by Gasteiger charge is -2.28. The van der Waals surface area contributed by atoms with Crippen LogP contribution in [0.3, 0.4) is 0 Å². The predicted octanol–water partition coefficient (Wildman–Crippen LogP) is 0.607. The van der Waals surface area contributed by atoms with E-state index >= 15 is 0 Å². The number of nitrogens with zero attached hydrogens (tertiary/aromatic N) is 2. The highest BCUT2D eigenvalue weighted by Gasteiger charge is 2.47. The first kappa shape index (κ1) is 14.0. The molecule has 0 bridgehead atoms. The van der Waals surface area contributed by atoms with Gasteiger partial charge in [-0.15, -0.1) is 0 Å². The molecule has 1 unspecified atom stereocenters. The van der Waals surface area contributed by atoms with Gasteiger partial charge < -0.3 is 15.6 Å². The summed E-state index contributed by atoms with van der Waals surface area (Å²) < 4.78 is 6.09. The third kappa shape index (κ3) is 2.61. The lowest BCUT2D eigenvalue weighted by atomic mass is 10.0. The van der Waals surface area contributed by atoms with Crippen LogP contribution in [0, 0.1) is 0 Å². The van der Waals surface area contributed by atoms with Crippen LogP contribution in [0.4, 0.5) is 5.82 Å². The molecule has 1 heterocycles. The molecule has 1 aromatic rings. The molecule has 0 aliphatic carbocycles. The Labute approximate surface area is 105 Å². The quantitative estimate of drug-likeness (QED) is 0.605. The van der Waals surface area contributed by atoms with Gasteiger partial charge in [0.25, 0.3) is 5.54 Å². The van der Waals surface area contributed by atoms with Crippen LogP contribution in [0.1, 0.15) is 27.7 Å². The summed E-state index contributed by atoms with van der Waals surface area (Å²) in [6, 6.07) is 1.41. The fraction of sp³-hybridized carbons (Fsp3) is 0.545. The number of nitrogens with two attached hydrogens (primary N) is 1. The van der Waals surface area contributed by atoms with Crippen molar-refractivity contribution in [3.8, 4) is 0 Å². The summed E-state index contributed by atoms with van der Waals surface area (Å²) in [7, 11) is 0. The zero-order valence-corrected chi connectivity index (χ0v) is 10.8. The van der Waals surface area contributed by atoms with Crippen LogP contribution in [-0.2, 0) is 19.9 Å². The molecule has 1 rings (SSSR count). The summed E-state index contributed by atoms with van der Waals surface area (Å²) >= 11 is 0. The number of ether oxygens (including phenoxy) is 1. The van der Waals surface area contributed by atoms with Gasteiger partial charge in [0.2, 0.25) is 0 Å². The lowest BCUT2D eigenvalue weighted by Crippen LogP contribution is -2.49. The van der Waals surface area contributed by atoms with Crippen molar-refractivity contribution in [2.75, 3.05) is 5.73 Å². The number of aromatic nitrogens is 2. The van der Waals surface area contributed by atoms with Crippen LogP contribution in [0.2, 0.25) is 0 Å². The van der Waals surface area contributed by atoms with E-state index < -0.39 is 23.1 Å². The Kier molecular flexibility index (Phi) is 3.36. The molecule has 1 aromatic heterocycles. The zero-order valence-electron chi connectivity index (χ0n) is 10.8. The number of aliphatic carboxylic acids is 1. The molecule has 100 valence electrons. The fourth-order valence-corrected chi connectivity index (χ4v) is 1.24. The van der Waals surface area contributed by atoms with Crippen LogP contribution >= 0.6 is 0 Å². The van der Waals surface area contributed by atoms with Gasteiger partial charge in [0.05, 0.1) is 0 Å². The molecule has 0 amide bonds. The van der Waals surface area contributed by atoms with Gasteiger partial charge in [-0.2, -0.15) is 5.10 Å². The molecule has 0 saturated carbocycles. The fourth-order valence-electron chi connectivity index (χ4n) is 1.24. The van der Waals surface area contributed by atoms with Gasteiger partial charge in [-0.05, 0) is 33.8 Å². The van der Waals surface area contributed by atoms with Crippen LogP contribution in [0.15, 0.2) is 12.3 Å². The van der Waals surface area contributed by atoms with E-state index in [9.17, 15) is 14.7 Å². The molecule has 7 heteroatoms. The standard InChI is InChI=1S/C11H17N3O4/c1-10(2,3)18-9(17)11(4,8(15)16)14-6-5-7(12)13-14/h5-6H,1-4H3,(H2,12,13)(H,15,16). The summed E-state index contributed by atoms with van der Waals surface area (Å²) in [6.07, 6.45) is 1.33. The first-order valence-corrected chi connectivity index (χ1v) is 5.36. The van der Waals surface area contributed by atoms with Gasteiger partial charge in [-0.3, -0.25) is 0 Å². The summed E-state index contributed by atoms with van der Waals surface area (Å²) in [5.74, 6) is -2.13. The molecule has 0 spiro atoms. The van der Waals surface area contributed by atoms with E-state index in [-0.39, 0.29) is 5.82 Å². The van der Waals surface area contributed by atoms with E-state index in [2.05, 4.69) is 5.10 Å². The number of hydrogen-bond acceptors (Lipinski definition) is 5. The molecule has 0 fully saturated rings. The summed E-state index contributed by atoms with van der Waals surface area (Å²) in [6.45, 7) is 6.19. The molecule has 0 aliphatic rings. The number of nitrogen functional groups attached to an aromatic ring is 1. The van der Waals surface area contributed by atoms with Crippen LogP contribution in [0.25, 0.3) is 0 Å². The maximum absolute atomic E-state index is 12.0. The van der Waals surface area contributed by atoms with E-state index in [0.29, 0.717) is 0 Å². The van der Waals surface area contributed by atoms with Crippen molar-refractivity contribution in [3.63, 3.8) is 0 Å². The third-order valence-electron chi connectivity index (χ3n) is 2.28. The Balaban J connectivity index is 3.17. The first-order valence-electron chi connectivity index (χ1n) is 5.36. The van der Waals surface area contributed by atoms with Gasteiger partial charge in [-0.25, -0.2) is 14.3 Å². The minimum atomic E-state index is -1.94. The van der Waals surface area contributed by atoms with Crippen molar-refractivity contribution in [1.29, 1.82) is 0 Å². The highest BCUT2D eigenvalue weighted by Crippen LogP contribution is 2.22. The number of anilines is 1. The van der Waals surface area contributed by atoms with E-state index in [1.807, 2.05) is 0 Å². The highest BCUT2D eigenvalue weighted by atomic mass is 16.6. The molecule has 0 aromatic carbocycles. The van der Waals surface area contributed by atoms with E-state index in [4.69, 9.17) is 10.5 Å². The molecule has 0 radical (unpaired) electrons. The number of esters is 1. The molecule has 3 N–H and O–H groups in total. The van der Waals surface area contributed by atoms with Gasteiger partial charge >= 0.3 is 11.9 Å². The van der Waals surface area contributed by atoms with Gasteiger partial charge in [-0.1, -0.05) is 0 Å². The summed E-state index contributed by atoms with van der Waals surface area (Å²) in [4.78, 5) is 23.4. The summed E-state index contributed by atoms with van der Waals surface area (Å²) in [5, 5.41) is 13.0. The average molecular weight is 255 g/mol. The van der Waals surface area contributed by atoms with Crippen LogP contribution in [0.5, 0.6) is 0 Å². The zero-order chi connectivity index (χ0) is 14.1. The van der Waals surface area contributed by atoms with Gasteiger partial charge in [0, 0.05) is 6.20 Å². The molecule has 0 saturated heterocycles. The molecule has 0 aliphatic heterocycles. The van der Waals surface area contributed by atoms with Crippen molar-refractivity contribution in [1.82, 2.24) is 9.78 Å². The number of carboxylic acid groups (broad SMARTS) is 1. The van der Waals surface area contributed by atoms with Crippen molar-refractivity contribution in [2.24, 2.45) is 0 Å². The monoisotopic (exact) mass is 255 g/mol. The van der Waals surface area contributed by atoms with Gasteiger partial charge in [0.15, 0.2) is 0 Å². The lowest BCUT2D eigenvalue weighted by molar-refractivity contribution is -0.174. The second-order valence-corrected chi connectivity index (χ2v) is 5.06. The maximum Gasteiger partial charge on any atom is 0.346 e. The average Bonchev–Trinajstić information content (AvgIpc) is 2.60. The number of carboxylic acids is 1. The van der Waals surface area contributed by atoms with E-state index in [1.54, 1.807) is 20.8 Å². The van der Waals surface area contributed by atoms with E-state index in [0.717, 1.165) is 4.68 Å². The maximum atomic E-state index is 12.0. The number of hydrogen-bond donors (Lipinski definition) is 2. The molecular weight excluding hydrogens is 238 g/mol. The minimum absolute atomic E-state index is 0.131. The number of carbonyl (C=O) groups excluding carboxylic acids is 1. The smallest absolute Gasteiger partial charge is 0.346 e. The Hall–Kier alpha value is -2.05. The van der Waals surface area contributed by atoms with Gasteiger partial charge in [0.1, 0.15) is 11.4 Å². The third-order valence-corrected chi connectivity index (χ3v) is 2.28. The van der Waals surface area contributed by atoms with Crippen molar-refractivity contribution < 1.29 is 19.4 Å². The normalized spacial score (nSPS) is 14.9. The van der Waals surface area contributed by atoms with E-state index in [1.165, 1.54) is 19.2 Å². The topological polar surface area (TPSA) is 107 Å². The predicted molar refractivity (Wildman–Crippen MR) is 63.8 cm³/mol. The minimum Gasteiger partial charge on any atom is -0.479 e. The first-order chi connectivity index (χ1) is 8.07. The molecule has 7 nitrogen and oxygen atoms in total.